The van der Waals surface area contributed by atoms with Crippen LogP contribution < -0.4 is 0 Å². The van der Waals surface area contributed by atoms with Gasteiger partial charge in [0, 0.05) is 19.3 Å². The molecule has 1 atom stereocenters. The van der Waals surface area contributed by atoms with Gasteiger partial charge in [0.15, 0.2) is 5.82 Å². The minimum atomic E-state index is 0.0206. The number of rotatable bonds is 5. The molecule has 0 spiro atoms. The molecule has 76 valence electrons. The predicted molar refractivity (Wildman–Crippen MR) is 48.2 cm³/mol. The highest BCUT2D eigenvalue weighted by molar-refractivity contribution is 4.89. The standard InChI is InChI=1S/C9H13N3O2/c1-7(2-4-10)6-9-11-8(3-5-13)12-14-9/h7,13H,2-3,5-6H2,1H3. The predicted octanol–water partition coefficient (Wildman–Crippen LogP) is 0.697. The molecule has 14 heavy (non-hydrogen) atoms. The third kappa shape index (κ3) is 3.15. The topological polar surface area (TPSA) is 82.9 Å². The van der Waals surface area contributed by atoms with E-state index in [-0.39, 0.29) is 12.5 Å². The van der Waals surface area contributed by atoms with E-state index in [4.69, 9.17) is 14.9 Å². The molecule has 5 heteroatoms. The highest BCUT2D eigenvalue weighted by Crippen LogP contribution is 2.09. The lowest BCUT2D eigenvalue weighted by atomic mass is 10.1. The van der Waals surface area contributed by atoms with Gasteiger partial charge in [0.25, 0.3) is 0 Å². The van der Waals surface area contributed by atoms with Crippen LogP contribution in [0.1, 0.15) is 25.1 Å². The lowest BCUT2D eigenvalue weighted by Crippen LogP contribution is -1.99. The first-order valence-electron chi connectivity index (χ1n) is 4.55. The van der Waals surface area contributed by atoms with E-state index >= 15 is 0 Å². The van der Waals surface area contributed by atoms with Gasteiger partial charge in [0.1, 0.15) is 0 Å². The molecule has 0 saturated carbocycles. The fourth-order valence-corrected chi connectivity index (χ4v) is 1.10. The van der Waals surface area contributed by atoms with Gasteiger partial charge < -0.3 is 9.63 Å². The molecule has 1 aromatic rings. The highest BCUT2D eigenvalue weighted by atomic mass is 16.5. The molecule has 0 fully saturated rings. The second-order valence-electron chi connectivity index (χ2n) is 3.25. The van der Waals surface area contributed by atoms with Gasteiger partial charge in [-0.15, -0.1) is 0 Å². The lowest BCUT2D eigenvalue weighted by molar-refractivity contribution is 0.292. The molecule has 1 aromatic heterocycles. The maximum atomic E-state index is 8.63. The fourth-order valence-electron chi connectivity index (χ4n) is 1.10. The molecule has 0 amide bonds. The number of nitrogens with zero attached hydrogens (tertiary/aromatic N) is 3. The van der Waals surface area contributed by atoms with Crippen LogP contribution in [0.2, 0.25) is 0 Å². The second-order valence-corrected chi connectivity index (χ2v) is 3.25. The Hall–Kier alpha value is -1.41. The molecule has 0 bridgehead atoms. The van der Waals surface area contributed by atoms with Crippen LogP contribution in [0.25, 0.3) is 0 Å². The van der Waals surface area contributed by atoms with E-state index in [0.29, 0.717) is 31.0 Å². The largest absolute Gasteiger partial charge is 0.396 e. The van der Waals surface area contributed by atoms with Crippen LogP contribution in [0.4, 0.5) is 0 Å². The zero-order valence-electron chi connectivity index (χ0n) is 8.10. The van der Waals surface area contributed by atoms with E-state index in [2.05, 4.69) is 16.2 Å². The second kappa shape index (κ2) is 5.35. The normalized spacial score (nSPS) is 12.4. The van der Waals surface area contributed by atoms with Gasteiger partial charge in [-0.2, -0.15) is 10.2 Å². The summed E-state index contributed by atoms with van der Waals surface area (Å²) in [6, 6.07) is 2.09. The summed E-state index contributed by atoms with van der Waals surface area (Å²) >= 11 is 0. The molecule has 0 radical (unpaired) electrons. The van der Waals surface area contributed by atoms with Crippen LogP contribution in [0.15, 0.2) is 4.52 Å². The van der Waals surface area contributed by atoms with Gasteiger partial charge in [-0.25, -0.2) is 0 Å². The summed E-state index contributed by atoms with van der Waals surface area (Å²) < 4.78 is 4.95. The monoisotopic (exact) mass is 195 g/mol. The molecule has 0 aliphatic rings. The smallest absolute Gasteiger partial charge is 0.226 e. The average molecular weight is 195 g/mol. The van der Waals surface area contributed by atoms with E-state index in [1.807, 2.05) is 6.92 Å². The van der Waals surface area contributed by atoms with Gasteiger partial charge in [0.05, 0.1) is 12.7 Å². The third-order valence-corrected chi connectivity index (χ3v) is 1.81. The van der Waals surface area contributed by atoms with Crippen molar-refractivity contribution in [3.8, 4) is 6.07 Å². The summed E-state index contributed by atoms with van der Waals surface area (Å²) in [5.41, 5.74) is 0. The van der Waals surface area contributed by atoms with Crippen molar-refractivity contribution in [1.82, 2.24) is 10.1 Å². The minimum absolute atomic E-state index is 0.0206. The summed E-state index contributed by atoms with van der Waals surface area (Å²) in [5, 5.41) is 20.8. The van der Waals surface area contributed by atoms with Gasteiger partial charge in [0.2, 0.25) is 5.89 Å². The number of hydrogen-bond acceptors (Lipinski definition) is 5. The zero-order chi connectivity index (χ0) is 10.4. The molecule has 1 heterocycles. The average Bonchev–Trinajstić information content (AvgIpc) is 2.53. The molecule has 0 aromatic carbocycles. The molecular weight excluding hydrogens is 182 g/mol. The maximum absolute atomic E-state index is 8.63. The van der Waals surface area contributed by atoms with Gasteiger partial charge in [-0.3, -0.25) is 0 Å². The number of aromatic nitrogens is 2. The van der Waals surface area contributed by atoms with Gasteiger partial charge in [-0.05, 0) is 5.92 Å². The first-order valence-corrected chi connectivity index (χ1v) is 4.55. The molecule has 0 saturated heterocycles. The Labute approximate surface area is 82.4 Å². The Kier molecular flexibility index (Phi) is 4.08. The number of aliphatic hydroxyl groups excluding tert-OH is 1. The molecular formula is C9H13N3O2. The summed E-state index contributed by atoms with van der Waals surface area (Å²) in [4.78, 5) is 4.08. The van der Waals surface area contributed by atoms with Gasteiger partial charge >= 0.3 is 0 Å². The maximum Gasteiger partial charge on any atom is 0.226 e. The summed E-state index contributed by atoms with van der Waals surface area (Å²) in [6.07, 6.45) is 1.51. The van der Waals surface area contributed by atoms with Crippen molar-refractivity contribution in [3.63, 3.8) is 0 Å². The van der Waals surface area contributed by atoms with Crippen LogP contribution in [-0.2, 0) is 12.8 Å². The molecule has 0 aliphatic carbocycles. The zero-order valence-corrected chi connectivity index (χ0v) is 8.10. The SMILES string of the molecule is CC(CC#N)Cc1nc(CCO)no1. The summed E-state index contributed by atoms with van der Waals surface area (Å²) in [6.45, 7) is 1.98. The number of hydrogen-bond donors (Lipinski definition) is 1. The summed E-state index contributed by atoms with van der Waals surface area (Å²) in [5.74, 6) is 1.28. The van der Waals surface area contributed by atoms with Crippen molar-refractivity contribution in [2.24, 2.45) is 5.92 Å². The Morgan fingerprint density at radius 3 is 3.07 bits per heavy atom. The fraction of sp³-hybridized carbons (Fsp3) is 0.667. The van der Waals surface area contributed by atoms with Crippen molar-refractivity contribution < 1.29 is 9.63 Å². The molecule has 1 N–H and O–H groups in total. The van der Waals surface area contributed by atoms with Crippen LogP contribution in [0, 0.1) is 17.2 Å². The number of nitriles is 1. The van der Waals surface area contributed by atoms with E-state index in [0.717, 1.165) is 0 Å². The van der Waals surface area contributed by atoms with E-state index in [1.54, 1.807) is 0 Å². The van der Waals surface area contributed by atoms with Crippen molar-refractivity contribution in [2.75, 3.05) is 6.61 Å². The Balaban J connectivity index is 2.47. The van der Waals surface area contributed by atoms with E-state index in [1.165, 1.54) is 0 Å². The van der Waals surface area contributed by atoms with Crippen molar-refractivity contribution in [2.45, 2.75) is 26.2 Å². The van der Waals surface area contributed by atoms with Crippen molar-refractivity contribution in [1.29, 1.82) is 5.26 Å². The number of aliphatic hydroxyl groups is 1. The quantitative estimate of drug-likeness (QED) is 0.747. The third-order valence-electron chi connectivity index (χ3n) is 1.81. The molecule has 1 unspecified atom stereocenters. The minimum Gasteiger partial charge on any atom is -0.396 e. The first kappa shape index (κ1) is 10.7. The van der Waals surface area contributed by atoms with Crippen LogP contribution in [0.5, 0.6) is 0 Å². The van der Waals surface area contributed by atoms with Crippen molar-refractivity contribution >= 4 is 0 Å². The van der Waals surface area contributed by atoms with Crippen LogP contribution in [0.3, 0.4) is 0 Å². The molecule has 5 nitrogen and oxygen atoms in total. The van der Waals surface area contributed by atoms with Crippen LogP contribution in [-0.4, -0.2) is 21.9 Å². The van der Waals surface area contributed by atoms with E-state index < -0.39 is 0 Å². The van der Waals surface area contributed by atoms with Crippen molar-refractivity contribution in [3.05, 3.63) is 11.7 Å². The lowest BCUT2D eigenvalue weighted by Gasteiger charge is -2.00. The highest BCUT2D eigenvalue weighted by Gasteiger charge is 2.10. The Morgan fingerprint density at radius 2 is 2.43 bits per heavy atom. The van der Waals surface area contributed by atoms with E-state index in [9.17, 15) is 0 Å². The Bertz CT molecular complexity index is 316. The molecule has 0 aliphatic heterocycles. The Morgan fingerprint density at radius 1 is 1.64 bits per heavy atom. The summed E-state index contributed by atoms with van der Waals surface area (Å²) in [7, 11) is 0. The van der Waals surface area contributed by atoms with Crippen LogP contribution >= 0.6 is 0 Å². The van der Waals surface area contributed by atoms with Gasteiger partial charge in [-0.1, -0.05) is 12.1 Å². The molecule has 1 rings (SSSR count). The first-order chi connectivity index (χ1) is 6.76.